The maximum atomic E-state index is 10.8. The summed E-state index contributed by atoms with van der Waals surface area (Å²) in [7, 11) is 0. The van der Waals surface area contributed by atoms with Crippen molar-refractivity contribution in [3.05, 3.63) is 26.3 Å². The smallest absolute Gasteiger partial charge is 0.676 e. The summed E-state index contributed by atoms with van der Waals surface area (Å²) in [4.78, 5) is 43.1. The van der Waals surface area contributed by atoms with Crippen LogP contribution < -0.4 is 0 Å². The van der Waals surface area contributed by atoms with Gasteiger partial charge in [-0.1, -0.05) is 25.7 Å². The number of carbonyl (C=O) groups is 4. The van der Waals surface area contributed by atoms with Crippen molar-refractivity contribution in [3.63, 3.8) is 0 Å². The molecule has 0 aromatic carbocycles. The number of aliphatic carboxylic acids is 4. The van der Waals surface area contributed by atoms with Gasteiger partial charge in [0.25, 0.3) is 0 Å². The third kappa shape index (κ3) is 8.80. The van der Waals surface area contributed by atoms with Crippen LogP contribution in [0.2, 0.25) is 0 Å². The molecule has 6 N–H and O–H groups in total. The van der Waals surface area contributed by atoms with Gasteiger partial charge in [0, 0.05) is 0 Å². The Balaban J connectivity index is 0. The van der Waals surface area contributed by atoms with Crippen molar-refractivity contribution in [1.29, 1.82) is 0 Å². The minimum absolute atomic E-state index is 0. The number of ether oxygens (including phenoxy) is 2. The molecule has 1 saturated carbocycles. The Kier molecular flexibility index (Phi) is 17.6. The molecule has 4 heterocycles. The first-order valence-corrected chi connectivity index (χ1v) is 11.7. The SMILES string of the molecule is O=C(O)C1C2CCC(O2)C1C(=O)O.O=C(O)C1C2CCC(O2)C1C(=O)O.[CH3-].[CH3-].[NH-]C1CCCCC1[NH-].[Pt+2].[Pt+2]. The van der Waals surface area contributed by atoms with Crippen molar-refractivity contribution in [2.45, 2.75) is 87.9 Å². The van der Waals surface area contributed by atoms with Crippen LogP contribution in [0, 0.1) is 38.5 Å². The predicted octanol–water partition coefficient (Wildman–Crippen LogP) is 3.20. The van der Waals surface area contributed by atoms with Crippen LogP contribution in [0.25, 0.3) is 11.5 Å². The third-order valence-corrected chi connectivity index (χ3v) is 7.45. The number of rotatable bonds is 4. The molecule has 4 aliphatic heterocycles. The van der Waals surface area contributed by atoms with Crippen molar-refractivity contribution < 1.29 is 91.2 Å². The fraction of sp³-hybridized carbons (Fsp3) is 0.750. The van der Waals surface area contributed by atoms with Crippen LogP contribution >= 0.6 is 0 Å². The van der Waals surface area contributed by atoms with E-state index in [-0.39, 0.29) is 93.5 Å². The van der Waals surface area contributed by atoms with Crippen molar-refractivity contribution in [1.82, 2.24) is 0 Å². The molecule has 0 radical (unpaired) electrons. The second kappa shape index (κ2) is 17.0. The fourth-order valence-electron chi connectivity index (χ4n) is 5.74. The minimum atomic E-state index is -1.06. The molecular weight excluding hydrogens is 866 g/mol. The predicted molar refractivity (Wildman–Crippen MR) is 128 cm³/mol. The van der Waals surface area contributed by atoms with Gasteiger partial charge in [-0.05, 0) is 25.7 Å². The van der Waals surface area contributed by atoms with Crippen LogP contribution in [0.5, 0.6) is 0 Å². The third-order valence-electron chi connectivity index (χ3n) is 7.45. The van der Waals surface area contributed by atoms with Gasteiger partial charge in [0.2, 0.25) is 0 Å². The van der Waals surface area contributed by atoms with Gasteiger partial charge in [0.05, 0.1) is 48.1 Å². The van der Waals surface area contributed by atoms with Crippen molar-refractivity contribution in [2.75, 3.05) is 0 Å². The van der Waals surface area contributed by atoms with E-state index in [4.69, 9.17) is 41.4 Å². The number of carboxylic acids is 4. The Bertz CT molecular complexity index is 688. The average Bonchev–Trinajstić information content (AvgIpc) is 3.56. The van der Waals surface area contributed by atoms with E-state index < -0.39 is 47.5 Å². The van der Waals surface area contributed by atoms with Gasteiger partial charge in [-0.15, -0.1) is 0 Å². The fourth-order valence-corrected chi connectivity index (χ4v) is 5.74. The molecule has 14 heteroatoms. The molecule has 5 fully saturated rings. The molecule has 5 aliphatic rings. The molecule has 224 valence electrons. The summed E-state index contributed by atoms with van der Waals surface area (Å²) in [5.41, 5.74) is 14.6. The second-order valence-electron chi connectivity index (χ2n) is 9.53. The Morgan fingerprint density at radius 2 is 0.711 bits per heavy atom. The van der Waals surface area contributed by atoms with Gasteiger partial charge >= 0.3 is 66.0 Å². The van der Waals surface area contributed by atoms with E-state index in [9.17, 15) is 19.2 Å². The molecule has 10 atom stereocenters. The van der Waals surface area contributed by atoms with Gasteiger partial charge in [0.1, 0.15) is 0 Å². The van der Waals surface area contributed by atoms with E-state index in [1.165, 1.54) is 12.8 Å². The zero-order valence-corrected chi connectivity index (χ0v) is 25.8. The van der Waals surface area contributed by atoms with Crippen LogP contribution in [0.15, 0.2) is 0 Å². The number of carboxylic acid groups (broad SMARTS) is 4. The van der Waals surface area contributed by atoms with Crippen LogP contribution in [-0.2, 0) is 70.8 Å². The van der Waals surface area contributed by atoms with E-state index in [2.05, 4.69) is 0 Å². The zero-order chi connectivity index (χ0) is 25.2. The summed E-state index contributed by atoms with van der Waals surface area (Å²) in [5.74, 6) is -7.63. The van der Waals surface area contributed by atoms with Gasteiger partial charge in [-0.2, -0.15) is 12.1 Å². The van der Waals surface area contributed by atoms with Gasteiger partial charge in [-0.25, -0.2) is 0 Å². The summed E-state index contributed by atoms with van der Waals surface area (Å²) >= 11 is 0. The van der Waals surface area contributed by atoms with Crippen molar-refractivity contribution >= 4 is 23.9 Å². The maximum absolute atomic E-state index is 10.8. The first kappa shape index (κ1) is 39.2. The van der Waals surface area contributed by atoms with Crippen LogP contribution in [0.4, 0.5) is 0 Å². The molecule has 0 aromatic heterocycles. The summed E-state index contributed by atoms with van der Waals surface area (Å²) in [6.07, 6.45) is 5.39. The molecule has 12 nitrogen and oxygen atoms in total. The molecule has 0 amide bonds. The van der Waals surface area contributed by atoms with Crippen LogP contribution in [-0.4, -0.2) is 80.8 Å². The maximum Gasteiger partial charge on any atom is 2.00 e. The monoisotopic (exact) mass is 904 g/mol. The average molecular weight is 905 g/mol. The van der Waals surface area contributed by atoms with Crippen molar-refractivity contribution in [2.24, 2.45) is 23.7 Å². The Labute approximate surface area is 252 Å². The zero-order valence-electron chi connectivity index (χ0n) is 21.3. The summed E-state index contributed by atoms with van der Waals surface area (Å²) in [6.45, 7) is 0. The van der Waals surface area contributed by atoms with E-state index in [1.54, 1.807) is 0 Å². The molecule has 10 unspecified atom stereocenters. The molecule has 0 aromatic rings. The summed E-state index contributed by atoms with van der Waals surface area (Å²) < 4.78 is 10.5. The standard InChI is InChI=1S/2C8H10O5.C6H12N2.2CH3.2Pt/c2*9-7(10)5-3-1-2-4(13-3)6(5)8(11)12;7-5-3-1-2-4-6(5)8;;;;/h2*3-6H,1-2H2,(H,9,10)(H,11,12);5-8H,1-4H2;2*1H3;;/q;;-2;2*-1;2*+2. The molecular formula is C24H38N2O10Pt2. The Hall–Kier alpha value is -0.903. The number of nitrogens with one attached hydrogen (secondary N) is 2. The van der Waals surface area contributed by atoms with Gasteiger partial charge in [0.15, 0.2) is 0 Å². The molecule has 4 saturated heterocycles. The largest absolute Gasteiger partial charge is 2.00 e. The first-order chi connectivity index (χ1) is 16.0. The second-order valence-corrected chi connectivity index (χ2v) is 9.53. The number of hydrogen-bond donors (Lipinski definition) is 4. The Morgan fingerprint density at radius 3 is 0.868 bits per heavy atom. The minimum Gasteiger partial charge on any atom is -0.676 e. The topological polar surface area (TPSA) is 215 Å². The molecule has 38 heavy (non-hydrogen) atoms. The quantitative estimate of drug-likeness (QED) is 0.303. The molecule has 4 bridgehead atoms. The van der Waals surface area contributed by atoms with E-state index in [0.717, 1.165) is 12.8 Å². The van der Waals surface area contributed by atoms with E-state index in [1.807, 2.05) is 0 Å². The molecule has 0 spiro atoms. The van der Waals surface area contributed by atoms with Gasteiger partial charge in [-0.3, -0.25) is 19.2 Å². The van der Waals surface area contributed by atoms with Crippen molar-refractivity contribution in [3.8, 4) is 0 Å². The molecule has 1 aliphatic carbocycles. The number of hydrogen-bond acceptors (Lipinski definition) is 6. The number of fused-ring (bicyclic) bond motifs is 4. The summed E-state index contributed by atoms with van der Waals surface area (Å²) in [6, 6.07) is -0.160. The first-order valence-electron chi connectivity index (χ1n) is 11.7. The van der Waals surface area contributed by atoms with E-state index >= 15 is 0 Å². The van der Waals surface area contributed by atoms with Crippen LogP contribution in [0.1, 0.15) is 51.4 Å². The Morgan fingerprint density at radius 1 is 0.500 bits per heavy atom. The summed E-state index contributed by atoms with van der Waals surface area (Å²) in [5, 5.41) is 35.2. The normalized spacial score (nSPS) is 37.2. The van der Waals surface area contributed by atoms with Gasteiger partial charge < -0.3 is 56.2 Å². The van der Waals surface area contributed by atoms with Crippen LogP contribution in [0.3, 0.4) is 0 Å². The van der Waals surface area contributed by atoms with E-state index in [0.29, 0.717) is 25.7 Å². The molecule has 5 rings (SSSR count).